The summed E-state index contributed by atoms with van der Waals surface area (Å²) in [5.74, 6) is 0.195. The minimum Gasteiger partial charge on any atom is -0.356 e. The van der Waals surface area contributed by atoms with Gasteiger partial charge in [0.15, 0.2) is 0 Å². The largest absolute Gasteiger partial charge is 0.356 e. The molecule has 1 atom stereocenters. The molecule has 0 rings (SSSR count). The minimum atomic E-state index is -0.0442. The molecule has 0 aliphatic carbocycles. The van der Waals surface area contributed by atoms with Gasteiger partial charge in [-0.25, -0.2) is 0 Å². The van der Waals surface area contributed by atoms with Gasteiger partial charge in [0.25, 0.3) is 0 Å². The smallest absolute Gasteiger partial charge is 0.216 e. The predicted molar refractivity (Wildman–Crippen MR) is 73.3 cm³/mol. The number of hydrogen-bond acceptors (Lipinski definition) is 4. The predicted octanol–water partition coefficient (Wildman–Crippen LogP) is 0.579. The molecule has 0 saturated carbocycles. The molecule has 5 heteroatoms. The van der Waals surface area contributed by atoms with Crippen molar-refractivity contribution in [3.63, 3.8) is 0 Å². The molecule has 0 radical (unpaired) electrons. The van der Waals surface area contributed by atoms with Crippen LogP contribution in [0, 0.1) is 0 Å². The molecule has 106 valence electrons. The van der Waals surface area contributed by atoms with Crippen LogP contribution in [0.4, 0.5) is 0 Å². The molecule has 4 N–H and O–H groups in total. The average Bonchev–Trinajstić information content (AvgIpc) is 2.30. The van der Waals surface area contributed by atoms with E-state index in [1.807, 2.05) is 0 Å². The van der Waals surface area contributed by atoms with E-state index >= 15 is 0 Å². The SMILES string of the molecule is CC(=O)NCCCCN[C@@H](CCCCN)C(C)=O. The number of nitrogens with two attached hydrogens (primary N) is 1. The van der Waals surface area contributed by atoms with Gasteiger partial charge in [0, 0.05) is 13.5 Å². The summed E-state index contributed by atoms with van der Waals surface area (Å²) >= 11 is 0. The van der Waals surface area contributed by atoms with Crippen LogP contribution in [0.2, 0.25) is 0 Å². The topological polar surface area (TPSA) is 84.2 Å². The summed E-state index contributed by atoms with van der Waals surface area (Å²) in [4.78, 5) is 22.0. The van der Waals surface area contributed by atoms with Crippen molar-refractivity contribution in [3.8, 4) is 0 Å². The molecule has 5 nitrogen and oxygen atoms in total. The standard InChI is InChI=1S/C13H27N3O2/c1-11(17)13(7-3-4-8-14)16-10-6-5-9-15-12(2)18/h13,16H,3-10,14H2,1-2H3,(H,15,18)/t13-/m0/s1. The summed E-state index contributed by atoms with van der Waals surface area (Å²) in [6.45, 7) is 5.33. The quantitative estimate of drug-likeness (QED) is 0.473. The van der Waals surface area contributed by atoms with Gasteiger partial charge in [0.2, 0.25) is 5.91 Å². The molecule has 0 heterocycles. The maximum absolute atomic E-state index is 11.4. The molecule has 0 aromatic carbocycles. The van der Waals surface area contributed by atoms with E-state index in [9.17, 15) is 9.59 Å². The van der Waals surface area contributed by atoms with Crippen molar-refractivity contribution in [2.24, 2.45) is 5.73 Å². The second kappa shape index (κ2) is 11.2. The van der Waals surface area contributed by atoms with E-state index in [0.29, 0.717) is 13.1 Å². The van der Waals surface area contributed by atoms with E-state index in [0.717, 1.165) is 38.6 Å². The summed E-state index contributed by atoms with van der Waals surface area (Å²) < 4.78 is 0. The number of Topliss-reactive ketones (excluding diaryl/α,β-unsaturated/α-hetero) is 1. The maximum Gasteiger partial charge on any atom is 0.216 e. The first-order chi connectivity index (χ1) is 8.57. The highest BCUT2D eigenvalue weighted by atomic mass is 16.1. The Bertz CT molecular complexity index is 244. The van der Waals surface area contributed by atoms with Gasteiger partial charge in [-0.1, -0.05) is 6.42 Å². The van der Waals surface area contributed by atoms with Crippen LogP contribution in [-0.4, -0.2) is 37.4 Å². The van der Waals surface area contributed by atoms with Crippen LogP contribution in [0.25, 0.3) is 0 Å². The van der Waals surface area contributed by atoms with Crippen LogP contribution in [0.15, 0.2) is 0 Å². The molecule has 0 aliphatic heterocycles. The van der Waals surface area contributed by atoms with Gasteiger partial charge >= 0.3 is 0 Å². The summed E-state index contributed by atoms with van der Waals surface area (Å²) in [6, 6.07) is -0.0442. The van der Waals surface area contributed by atoms with Crippen molar-refractivity contribution in [3.05, 3.63) is 0 Å². The lowest BCUT2D eigenvalue weighted by atomic mass is 10.1. The van der Waals surface area contributed by atoms with E-state index in [1.165, 1.54) is 6.92 Å². The number of ketones is 1. The normalized spacial score (nSPS) is 12.2. The van der Waals surface area contributed by atoms with Gasteiger partial charge in [-0.2, -0.15) is 0 Å². The fourth-order valence-electron chi connectivity index (χ4n) is 1.73. The van der Waals surface area contributed by atoms with Gasteiger partial charge in [0.05, 0.1) is 6.04 Å². The van der Waals surface area contributed by atoms with Crippen molar-refractivity contribution < 1.29 is 9.59 Å². The lowest BCUT2D eigenvalue weighted by Gasteiger charge is -2.15. The Morgan fingerprint density at radius 1 is 1.06 bits per heavy atom. The maximum atomic E-state index is 11.4. The lowest BCUT2D eigenvalue weighted by molar-refractivity contribution is -0.119. The summed E-state index contributed by atoms with van der Waals surface area (Å²) in [5.41, 5.74) is 5.43. The van der Waals surface area contributed by atoms with Crippen LogP contribution >= 0.6 is 0 Å². The molecule has 0 aromatic heterocycles. The Morgan fingerprint density at radius 3 is 2.28 bits per heavy atom. The Hall–Kier alpha value is -0.940. The summed E-state index contributed by atoms with van der Waals surface area (Å²) in [7, 11) is 0. The van der Waals surface area contributed by atoms with E-state index in [2.05, 4.69) is 10.6 Å². The third-order valence-electron chi connectivity index (χ3n) is 2.81. The number of amides is 1. The molecule has 0 fully saturated rings. The lowest BCUT2D eigenvalue weighted by Crippen LogP contribution is -2.36. The Kier molecular flexibility index (Phi) is 10.6. The first kappa shape index (κ1) is 17.1. The number of nitrogens with one attached hydrogen (secondary N) is 2. The van der Waals surface area contributed by atoms with Gasteiger partial charge in [0.1, 0.15) is 5.78 Å². The molecule has 18 heavy (non-hydrogen) atoms. The number of unbranched alkanes of at least 4 members (excludes halogenated alkanes) is 2. The van der Waals surface area contributed by atoms with Gasteiger partial charge in [-0.15, -0.1) is 0 Å². The molecule has 0 bridgehead atoms. The van der Waals surface area contributed by atoms with E-state index in [1.54, 1.807) is 6.92 Å². The number of carbonyl (C=O) groups is 2. The number of rotatable bonds is 11. The van der Waals surface area contributed by atoms with Crippen molar-refractivity contribution in [2.45, 2.75) is 52.0 Å². The highest BCUT2D eigenvalue weighted by Gasteiger charge is 2.11. The van der Waals surface area contributed by atoms with Gasteiger partial charge in [-0.3, -0.25) is 9.59 Å². The van der Waals surface area contributed by atoms with Crippen LogP contribution in [0.1, 0.15) is 46.0 Å². The first-order valence-electron chi connectivity index (χ1n) is 6.76. The third-order valence-corrected chi connectivity index (χ3v) is 2.81. The van der Waals surface area contributed by atoms with E-state index < -0.39 is 0 Å². The highest BCUT2D eigenvalue weighted by Crippen LogP contribution is 2.02. The van der Waals surface area contributed by atoms with Gasteiger partial charge in [-0.05, 0) is 45.7 Å². The summed E-state index contributed by atoms with van der Waals surface area (Å²) in [6.07, 6.45) is 4.70. The minimum absolute atomic E-state index is 0.00589. The van der Waals surface area contributed by atoms with E-state index in [4.69, 9.17) is 5.73 Å². The van der Waals surface area contributed by atoms with Crippen LogP contribution in [0.3, 0.4) is 0 Å². The molecule has 0 spiro atoms. The van der Waals surface area contributed by atoms with Crippen molar-refractivity contribution in [2.75, 3.05) is 19.6 Å². The molecule has 0 saturated heterocycles. The fraction of sp³-hybridized carbons (Fsp3) is 0.846. The molecule has 1 amide bonds. The average molecular weight is 257 g/mol. The second-order valence-corrected chi connectivity index (χ2v) is 4.59. The summed E-state index contributed by atoms with van der Waals surface area (Å²) in [5, 5.41) is 6.01. The molecule has 0 aliphatic rings. The molecular weight excluding hydrogens is 230 g/mol. The van der Waals surface area contributed by atoms with Crippen LogP contribution < -0.4 is 16.4 Å². The molecule has 0 aromatic rings. The first-order valence-corrected chi connectivity index (χ1v) is 6.76. The van der Waals surface area contributed by atoms with Crippen molar-refractivity contribution in [1.29, 1.82) is 0 Å². The third kappa shape index (κ3) is 10.2. The van der Waals surface area contributed by atoms with Crippen molar-refractivity contribution >= 4 is 11.7 Å². The Balaban J connectivity index is 3.57. The fourth-order valence-corrected chi connectivity index (χ4v) is 1.73. The van der Waals surface area contributed by atoms with Crippen LogP contribution in [0.5, 0.6) is 0 Å². The molecule has 0 unspecified atom stereocenters. The Labute approximate surface area is 110 Å². The molecular formula is C13H27N3O2. The zero-order valence-corrected chi connectivity index (χ0v) is 11.6. The van der Waals surface area contributed by atoms with Gasteiger partial charge < -0.3 is 16.4 Å². The van der Waals surface area contributed by atoms with E-state index in [-0.39, 0.29) is 17.7 Å². The Morgan fingerprint density at radius 2 is 1.72 bits per heavy atom. The monoisotopic (exact) mass is 257 g/mol. The zero-order chi connectivity index (χ0) is 13.8. The second-order valence-electron chi connectivity index (χ2n) is 4.59. The van der Waals surface area contributed by atoms with Crippen LogP contribution in [-0.2, 0) is 9.59 Å². The highest BCUT2D eigenvalue weighted by molar-refractivity contribution is 5.81. The number of carbonyl (C=O) groups excluding carboxylic acids is 2. The number of hydrogen-bond donors (Lipinski definition) is 3. The zero-order valence-electron chi connectivity index (χ0n) is 11.6. The van der Waals surface area contributed by atoms with Crippen molar-refractivity contribution in [1.82, 2.24) is 10.6 Å².